The zero-order valence-electron chi connectivity index (χ0n) is 14.7. The summed E-state index contributed by atoms with van der Waals surface area (Å²) >= 11 is 1.35. The molecule has 4 nitrogen and oxygen atoms in total. The number of halogens is 1. The standard InChI is InChI=1S/C21H19FN2O2S/c22-16-7-8-18-19(14-16)27-21(23-18)26-17-10-12-24(13-11-17)20(25)9-6-15-4-2-1-3-5-15/h1-9,14,17H,10-13H2/b9-6+. The lowest BCUT2D eigenvalue weighted by Crippen LogP contribution is -2.41. The van der Waals surface area contributed by atoms with Gasteiger partial charge in [0.2, 0.25) is 5.91 Å². The molecule has 2 aromatic carbocycles. The van der Waals surface area contributed by atoms with Crippen LogP contribution in [0.5, 0.6) is 5.19 Å². The number of nitrogens with zero attached hydrogens (tertiary/aromatic N) is 2. The molecule has 0 atom stereocenters. The molecule has 0 aliphatic carbocycles. The van der Waals surface area contributed by atoms with Crippen molar-refractivity contribution in [2.24, 2.45) is 0 Å². The highest BCUT2D eigenvalue weighted by atomic mass is 32.1. The quantitative estimate of drug-likeness (QED) is 0.623. The molecule has 0 spiro atoms. The summed E-state index contributed by atoms with van der Waals surface area (Å²) in [5, 5.41) is 0.560. The third kappa shape index (κ3) is 4.34. The van der Waals surface area contributed by atoms with Gasteiger partial charge in [0.05, 0.1) is 10.2 Å². The van der Waals surface area contributed by atoms with Gasteiger partial charge in [0.25, 0.3) is 5.19 Å². The minimum Gasteiger partial charge on any atom is -0.467 e. The number of likely N-dealkylation sites (tertiary alicyclic amines) is 1. The maximum Gasteiger partial charge on any atom is 0.274 e. The summed E-state index contributed by atoms with van der Waals surface area (Å²) < 4.78 is 20.0. The molecular weight excluding hydrogens is 363 g/mol. The Morgan fingerprint density at radius 1 is 1.19 bits per heavy atom. The minimum absolute atomic E-state index is 0.0211. The van der Waals surface area contributed by atoms with Gasteiger partial charge in [-0.25, -0.2) is 9.37 Å². The normalized spacial score (nSPS) is 15.5. The van der Waals surface area contributed by atoms with E-state index in [2.05, 4.69) is 4.98 Å². The molecule has 1 aliphatic rings. The summed E-state index contributed by atoms with van der Waals surface area (Å²) in [5.74, 6) is -0.249. The molecule has 0 radical (unpaired) electrons. The summed E-state index contributed by atoms with van der Waals surface area (Å²) in [5.41, 5.74) is 1.76. The molecule has 1 aliphatic heterocycles. The largest absolute Gasteiger partial charge is 0.467 e. The highest BCUT2D eigenvalue weighted by Crippen LogP contribution is 2.30. The first-order valence-corrected chi connectivity index (χ1v) is 9.74. The van der Waals surface area contributed by atoms with Gasteiger partial charge in [-0.3, -0.25) is 4.79 Å². The van der Waals surface area contributed by atoms with E-state index in [1.165, 1.54) is 23.5 Å². The second kappa shape index (κ2) is 7.88. The average Bonchev–Trinajstić information content (AvgIpc) is 3.09. The summed E-state index contributed by atoms with van der Waals surface area (Å²) in [4.78, 5) is 18.6. The van der Waals surface area contributed by atoms with Crippen molar-refractivity contribution in [3.05, 3.63) is 66.0 Å². The summed E-state index contributed by atoms with van der Waals surface area (Å²) in [6.45, 7) is 1.31. The summed E-state index contributed by atoms with van der Waals surface area (Å²) in [6, 6.07) is 14.3. The molecule has 0 bridgehead atoms. The lowest BCUT2D eigenvalue weighted by molar-refractivity contribution is -0.127. The van der Waals surface area contributed by atoms with Gasteiger partial charge in [-0.1, -0.05) is 41.7 Å². The summed E-state index contributed by atoms with van der Waals surface area (Å²) in [7, 11) is 0. The van der Waals surface area contributed by atoms with Crippen LogP contribution in [0.25, 0.3) is 16.3 Å². The fourth-order valence-corrected chi connectivity index (χ4v) is 4.01. The number of rotatable bonds is 4. The van der Waals surface area contributed by atoms with Crippen molar-refractivity contribution in [1.29, 1.82) is 0 Å². The van der Waals surface area contributed by atoms with Crippen LogP contribution >= 0.6 is 11.3 Å². The van der Waals surface area contributed by atoms with Gasteiger partial charge in [-0.2, -0.15) is 0 Å². The van der Waals surface area contributed by atoms with Crippen molar-refractivity contribution in [1.82, 2.24) is 9.88 Å². The van der Waals surface area contributed by atoms with Crippen LogP contribution in [0.1, 0.15) is 18.4 Å². The fraction of sp³-hybridized carbons (Fsp3) is 0.238. The number of aromatic nitrogens is 1. The molecule has 0 unspecified atom stereocenters. The van der Waals surface area contributed by atoms with Crippen molar-refractivity contribution in [3.8, 4) is 5.19 Å². The van der Waals surface area contributed by atoms with E-state index in [0.29, 0.717) is 18.3 Å². The molecule has 0 saturated carbocycles. The number of ether oxygens (including phenoxy) is 1. The van der Waals surface area contributed by atoms with E-state index in [0.717, 1.165) is 28.6 Å². The van der Waals surface area contributed by atoms with Crippen LogP contribution in [0, 0.1) is 5.82 Å². The van der Waals surface area contributed by atoms with Crippen LogP contribution in [0.2, 0.25) is 0 Å². The van der Waals surface area contributed by atoms with Crippen LogP contribution in [0.15, 0.2) is 54.6 Å². The summed E-state index contributed by atoms with van der Waals surface area (Å²) in [6.07, 6.45) is 5.01. The third-order valence-corrected chi connectivity index (χ3v) is 5.48. The van der Waals surface area contributed by atoms with E-state index in [9.17, 15) is 9.18 Å². The van der Waals surface area contributed by atoms with E-state index in [1.807, 2.05) is 41.3 Å². The van der Waals surface area contributed by atoms with Crippen LogP contribution in [0.4, 0.5) is 4.39 Å². The molecule has 6 heteroatoms. The van der Waals surface area contributed by atoms with Gasteiger partial charge in [-0.15, -0.1) is 0 Å². The number of carbonyl (C=O) groups is 1. The number of fused-ring (bicyclic) bond motifs is 1. The van der Waals surface area contributed by atoms with Crippen molar-refractivity contribution < 1.29 is 13.9 Å². The van der Waals surface area contributed by atoms with Gasteiger partial charge in [-0.05, 0) is 29.8 Å². The zero-order valence-corrected chi connectivity index (χ0v) is 15.5. The maximum atomic E-state index is 13.3. The Labute approximate surface area is 160 Å². The van der Waals surface area contributed by atoms with Crippen molar-refractivity contribution in [3.63, 3.8) is 0 Å². The topological polar surface area (TPSA) is 42.4 Å². The Morgan fingerprint density at radius 3 is 2.74 bits per heavy atom. The molecule has 2 heterocycles. The predicted molar refractivity (Wildman–Crippen MR) is 105 cm³/mol. The smallest absolute Gasteiger partial charge is 0.274 e. The molecule has 0 N–H and O–H groups in total. The van der Waals surface area contributed by atoms with E-state index in [-0.39, 0.29) is 17.8 Å². The van der Waals surface area contributed by atoms with Gasteiger partial charge in [0, 0.05) is 32.0 Å². The molecular formula is C21H19FN2O2S. The predicted octanol–water partition coefficient (Wildman–Crippen LogP) is 4.52. The number of carbonyl (C=O) groups excluding carboxylic acids is 1. The second-order valence-electron chi connectivity index (χ2n) is 6.48. The first-order chi connectivity index (χ1) is 13.2. The Morgan fingerprint density at radius 2 is 1.96 bits per heavy atom. The van der Waals surface area contributed by atoms with Crippen LogP contribution < -0.4 is 4.74 Å². The third-order valence-electron chi connectivity index (χ3n) is 4.57. The maximum absolute atomic E-state index is 13.3. The van der Waals surface area contributed by atoms with E-state index in [1.54, 1.807) is 12.1 Å². The fourth-order valence-electron chi connectivity index (χ4n) is 3.10. The Kier molecular flexibility index (Phi) is 5.16. The van der Waals surface area contributed by atoms with Crippen molar-refractivity contribution >= 4 is 33.5 Å². The SMILES string of the molecule is O=C(/C=C/c1ccccc1)N1CCC(Oc2nc3ccc(F)cc3s2)CC1. The molecule has 138 valence electrons. The zero-order chi connectivity index (χ0) is 18.6. The Balaban J connectivity index is 1.31. The highest BCUT2D eigenvalue weighted by molar-refractivity contribution is 7.20. The Hall–Kier alpha value is -2.73. The van der Waals surface area contributed by atoms with Crippen LogP contribution in [-0.2, 0) is 4.79 Å². The number of amides is 1. The number of hydrogen-bond acceptors (Lipinski definition) is 4. The highest BCUT2D eigenvalue weighted by Gasteiger charge is 2.23. The molecule has 3 aromatic rings. The van der Waals surface area contributed by atoms with Crippen LogP contribution in [0.3, 0.4) is 0 Å². The number of benzene rings is 2. The van der Waals surface area contributed by atoms with E-state index in [4.69, 9.17) is 4.74 Å². The van der Waals surface area contributed by atoms with Crippen molar-refractivity contribution in [2.45, 2.75) is 18.9 Å². The first kappa shape index (κ1) is 17.7. The molecule has 1 aromatic heterocycles. The van der Waals surface area contributed by atoms with Gasteiger partial charge < -0.3 is 9.64 Å². The average molecular weight is 382 g/mol. The number of piperidine rings is 1. The molecule has 1 saturated heterocycles. The second-order valence-corrected chi connectivity index (χ2v) is 7.47. The molecule has 1 amide bonds. The lowest BCUT2D eigenvalue weighted by atomic mass is 10.1. The van der Waals surface area contributed by atoms with Gasteiger partial charge in [0.15, 0.2) is 0 Å². The monoisotopic (exact) mass is 382 g/mol. The van der Waals surface area contributed by atoms with E-state index < -0.39 is 0 Å². The van der Waals surface area contributed by atoms with Gasteiger partial charge >= 0.3 is 0 Å². The van der Waals surface area contributed by atoms with Crippen molar-refractivity contribution in [2.75, 3.05) is 13.1 Å². The minimum atomic E-state index is -0.270. The molecule has 1 fully saturated rings. The van der Waals surface area contributed by atoms with Crippen LogP contribution in [-0.4, -0.2) is 35.0 Å². The Bertz CT molecular complexity index is 963. The molecule has 27 heavy (non-hydrogen) atoms. The molecule has 4 rings (SSSR count). The number of hydrogen-bond donors (Lipinski definition) is 0. The lowest BCUT2D eigenvalue weighted by Gasteiger charge is -2.30. The first-order valence-electron chi connectivity index (χ1n) is 8.92. The number of thiazole rings is 1. The van der Waals surface area contributed by atoms with Gasteiger partial charge in [0.1, 0.15) is 11.9 Å². The van der Waals surface area contributed by atoms with E-state index >= 15 is 0 Å².